The first-order valence-electron chi connectivity index (χ1n) is 9.10. The molecule has 1 atom stereocenters. The van der Waals surface area contributed by atoms with Crippen molar-refractivity contribution in [2.24, 2.45) is 0 Å². The number of hydrogen-bond donors (Lipinski definition) is 1. The molecule has 1 N–H and O–H groups in total. The van der Waals surface area contributed by atoms with E-state index in [9.17, 15) is 4.79 Å². The average molecular weight is 411 g/mol. The number of rotatable bonds is 4. The van der Waals surface area contributed by atoms with Gasteiger partial charge in [-0.1, -0.05) is 17.4 Å². The second-order valence-corrected chi connectivity index (χ2v) is 8.63. The summed E-state index contributed by atoms with van der Waals surface area (Å²) in [4.78, 5) is 18.3. The van der Waals surface area contributed by atoms with E-state index in [0.717, 1.165) is 38.2 Å². The van der Waals surface area contributed by atoms with Gasteiger partial charge in [0.2, 0.25) is 11.0 Å². The molecule has 142 valence electrons. The van der Waals surface area contributed by atoms with E-state index in [-0.39, 0.29) is 11.8 Å². The van der Waals surface area contributed by atoms with Gasteiger partial charge in [-0.05, 0) is 43.5 Å². The summed E-state index contributed by atoms with van der Waals surface area (Å²) >= 11 is 3.21. The summed E-state index contributed by atoms with van der Waals surface area (Å²) in [7, 11) is 0. The van der Waals surface area contributed by atoms with Gasteiger partial charge in [0.15, 0.2) is 0 Å². The summed E-state index contributed by atoms with van der Waals surface area (Å²) in [6.45, 7) is 4.58. The normalized spacial score (nSPS) is 16.2. The number of nitrogens with zero attached hydrogens (tertiary/aromatic N) is 3. The summed E-state index contributed by atoms with van der Waals surface area (Å²) in [5, 5.41) is 10.5. The zero-order chi connectivity index (χ0) is 19.3. The van der Waals surface area contributed by atoms with E-state index >= 15 is 0 Å². The van der Waals surface area contributed by atoms with Gasteiger partial charge >= 0.3 is 0 Å². The molecule has 1 aliphatic rings. The van der Waals surface area contributed by atoms with Gasteiger partial charge in [0.05, 0.1) is 22.5 Å². The number of ether oxygens (including phenoxy) is 1. The number of aryl methyl sites for hydroxylation is 1. The zero-order valence-corrected chi connectivity index (χ0v) is 17.1. The number of nitrogens with one attached hydrogen (secondary N) is 1. The predicted octanol–water partition coefficient (Wildman–Crippen LogP) is 4.72. The summed E-state index contributed by atoms with van der Waals surface area (Å²) in [5.41, 5.74) is 2.89. The van der Waals surface area contributed by atoms with E-state index in [1.165, 1.54) is 16.2 Å². The van der Waals surface area contributed by atoms with E-state index in [2.05, 4.69) is 11.4 Å². The summed E-state index contributed by atoms with van der Waals surface area (Å²) in [6, 6.07) is 9.98. The number of thiophene rings is 1. The van der Waals surface area contributed by atoms with Crippen molar-refractivity contribution in [3.63, 3.8) is 0 Å². The number of amides is 1. The van der Waals surface area contributed by atoms with E-state index in [4.69, 9.17) is 14.8 Å². The molecular weight excluding hydrogens is 392 g/mol. The van der Waals surface area contributed by atoms with Gasteiger partial charge in [0.1, 0.15) is 11.6 Å². The highest BCUT2D eigenvalue weighted by Gasteiger charge is 2.33. The minimum atomic E-state index is 0.00629. The molecule has 0 bridgehead atoms. The number of fused-ring (bicyclic) bond motifs is 2. The van der Waals surface area contributed by atoms with Gasteiger partial charge in [-0.2, -0.15) is 9.78 Å². The Hall–Kier alpha value is -2.71. The average Bonchev–Trinajstić information content (AvgIpc) is 3.40. The van der Waals surface area contributed by atoms with E-state index in [0.29, 0.717) is 13.0 Å². The zero-order valence-electron chi connectivity index (χ0n) is 15.4. The molecule has 0 spiro atoms. The van der Waals surface area contributed by atoms with Crippen molar-refractivity contribution in [2.75, 3.05) is 11.9 Å². The Morgan fingerprint density at radius 1 is 1.36 bits per heavy atom. The van der Waals surface area contributed by atoms with Crippen molar-refractivity contribution in [1.82, 2.24) is 14.8 Å². The van der Waals surface area contributed by atoms with Crippen LogP contribution in [0.15, 0.2) is 35.7 Å². The van der Waals surface area contributed by atoms with Crippen LogP contribution in [0.3, 0.4) is 0 Å². The van der Waals surface area contributed by atoms with Crippen LogP contribution in [0, 0.1) is 6.92 Å². The molecule has 3 aromatic heterocycles. The molecule has 0 saturated carbocycles. The molecule has 8 heteroatoms. The highest BCUT2D eigenvalue weighted by molar-refractivity contribution is 7.20. The number of benzene rings is 1. The van der Waals surface area contributed by atoms with Crippen LogP contribution in [0.1, 0.15) is 35.4 Å². The lowest BCUT2D eigenvalue weighted by Gasteiger charge is -2.22. The van der Waals surface area contributed by atoms with Crippen LogP contribution < -0.4 is 10.1 Å². The minimum absolute atomic E-state index is 0.00629. The van der Waals surface area contributed by atoms with Gasteiger partial charge in [-0.3, -0.25) is 4.79 Å². The fourth-order valence-corrected chi connectivity index (χ4v) is 5.45. The highest BCUT2D eigenvalue weighted by Crippen LogP contribution is 2.42. The van der Waals surface area contributed by atoms with Gasteiger partial charge in [0.25, 0.3) is 0 Å². The fraction of sp³-hybridized carbons (Fsp3) is 0.250. The van der Waals surface area contributed by atoms with Crippen molar-refractivity contribution in [3.05, 3.63) is 51.8 Å². The Morgan fingerprint density at radius 2 is 2.25 bits per heavy atom. The lowest BCUT2D eigenvalue weighted by Crippen LogP contribution is -2.24. The number of carbonyl (C=O) groups is 1. The summed E-state index contributed by atoms with van der Waals surface area (Å²) in [5.74, 6) is 1.61. The van der Waals surface area contributed by atoms with Crippen LogP contribution >= 0.6 is 22.7 Å². The molecule has 1 aromatic carbocycles. The molecule has 6 nitrogen and oxygen atoms in total. The number of carbonyl (C=O) groups excluding carboxylic acids is 1. The first-order chi connectivity index (χ1) is 13.6. The van der Waals surface area contributed by atoms with E-state index in [1.807, 2.05) is 43.5 Å². The van der Waals surface area contributed by atoms with Crippen LogP contribution in [0.5, 0.6) is 5.75 Å². The van der Waals surface area contributed by atoms with Crippen LogP contribution in [-0.4, -0.2) is 27.3 Å². The monoisotopic (exact) mass is 410 g/mol. The van der Waals surface area contributed by atoms with Crippen molar-refractivity contribution in [2.45, 2.75) is 26.2 Å². The molecule has 0 aliphatic carbocycles. The molecule has 4 aromatic rings. The highest BCUT2D eigenvalue weighted by atomic mass is 32.1. The van der Waals surface area contributed by atoms with Gasteiger partial charge < -0.3 is 10.1 Å². The first kappa shape index (κ1) is 17.4. The van der Waals surface area contributed by atoms with E-state index < -0.39 is 0 Å². The van der Waals surface area contributed by atoms with Crippen LogP contribution in [0.2, 0.25) is 0 Å². The Bertz CT molecular complexity index is 1180. The second kappa shape index (κ2) is 6.72. The third-order valence-corrected chi connectivity index (χ3v) is 6.81. The number of thiazole rings is 1. The van der Waals surface area contributed by atoms with Crippen molar-refractivity contribution >= 4 is 44.6 Å². The van der Waals surface area contributed by atoms with Crippen molar-refractivity contribution in [1.29, 1.82) is 0 Å². The molecule has 4 heterocycles. The van der Waals surface area contributed by atoms with Crippen molar-refractivity contribution in [3.8, 4) is 10.9 Å². The van der Waals surface area contributed by atoms with Crippen molar-refractivity contribution < 1.29 is 9.53 Å². The molecule has 0 radical (unpaired) electrons. The number of aromatic nitrogens is 3. The second-order valence-electron chi connectivity index (χ2n) is 6.64. The summed E-state index contributed by atoms with van der Waals surface area (Å²) in [6.07, 6.45) is 0.442. The van der Waals surface area contributed by atoms with Crippen LogP contribution in [-0.2, 0) is 4.79 Å². The maximum Gasteiger partial charge on any atom is 0.226 e. The molecule has 0 saturated heterocycles. The predicted molar refractivity (Wildman–Crippen MR) is 112 cm³/mol. The first-order valence-corrected chi connectivity index (χ1v) is 10.8. The minimum Gasteiger partial charge on any atom is -0.494 e. The number of anilines is 1. The molecule has 1 aliphatic heterocycles. The smallest absolute Gasteiger partial charge is 0.226 e. The third-order valence-electron chi connectivity index (χ3n) is 4.83. The van der Waals surface area contributed by atoms with Gasteiger partial charge in [0, 0.05) is 22.8 Å². The quantitative estimate of drug-likeness (QED) is 0.528. The Kier molecular flexibility index (Phi) is 4.17. The largest absolute Gasteiger partial charge is 0.494 e. The topological polar surface area (TPSA) is 69.0 Å². The maximum absolute atomic E-state index is 12.4. The van der Waals surface area contributed by atoms with Crippen LogP contribution in [0.25, 0.3) is 15.3 Å². The standard InChI is InChI=1S/C20H18N4O2S2/c1-3-26-12-6-7-14-16(9-12)28-20(21-14)24-19-18(11(2)23-24)13(10-17(25)22-19)15-5-4-8-27-15/h4-9,13H,3,10H2,1-2H3,(H,22,25)/t13-/m0/s1. The molecule has 5 rings (SSSR count). The lowest BCUT2D eigenvalue weighted by atomic mass is 9.91. The summed E-state index contributed by atoms with van der Waals surface area (Å²) < 4.78 is 8.39. The third kappa shape index (κ3) is 2.80. The number of hydrogen-bond acceptors (Lipinski definition) is 6. The van der Waals surface area contributed by atoms with Gasteiger partial charge in [-0.25, -0.2) is 4.98 Å². The van der Waals surface area contributed by atoms with Crippen LogP contribution in [0.4, 0.5) is 5.82 Å². The fourth-order valence-electron chi connectivity index (χ4n) is 3.66. The van der Waals surface area contributed by atoms with Gasteiger partial charge in [-0.15, -0.1) is 11.3 Å². The molecule has 28 heavy (non-hydrogen) atoms. The molecule has 0 unspecified atom stereocenters. The SMILES string of the molecule is CCOc1ccc2nc(-n3nc(C)c4c3NC(=O)C[C@H]4c3cccs3)sc2c1. The maximum atomic E-state index is 12.4. The Morgan fingerprint density at radius 3 is 3.04 bits per heavy atom. The van der Waals surface area contributed by atoms with E-state index in [1.54, 1.807) is 16.0 Å². The molecule has 1 amide bonds. The Labute approximate surface area is 169 Å². The molecule has 0 fully saturated rings. The molecular formula is C20H18N4O2S2. The Balaban J connectivity index is 1.63. The lowest BCUT2D eigenvalue weighted by molar-refractivity contribution is -0.116.